The van der Waals surface area contributed by atoms with Gasteiger partial charge in [0.15, 0.2) is 0 Å². The van der Waals surface area contributed by atoms with E-state index in [0.29, 0.717) is 5.95 Å². The average molecular weight is 279 g/mol. The molecule has 2 rings (SSSR count). The number of aryl methyl sites for hydroxylation is 1. The Morgan fingerprint density at radius 1 is 1.16 bits per heavy atom. The number of ether oxygens (including phenoxy) is 1. The zero-order chi connectivity index (χ0) is 13.8. The minimum atomic E-state index is -0.0234. The van der Waals surface area contributed by atoms with Crippen LogP contribution in [0, 0.1) is 6.92 Å². The van der Waals surface area contributed by atoms with Crippen molar-refractivity contribution < 1.29 is 4.74 Å². The molecule has 0 radical (unpaired) electrons. The number of nitrogens with one attached hydrogen (secondary N) is 1. The van der Waals surface area contributed by atoms with Crippen LogP contribution < -0.4 is 10.1 Å². The van der Waals surface area contributed by atoms with Crippen LogP contribution in [0.3, 0.4) is 0 Å². The van der Waals surface area contributed by atoms with Crippen LogP contribution in [0.4, 0.5) is 11.6 Å². The summed E-state index contributed by atoms with van der Waals surface area (Å²) in [6, 6.07) is 8.05. The molecule has 1 aromatic heterocycles. The molecule has 0 spiro atoms. The van der Waals surface area contributed by atoms with E-state index < -0.39 is 0 Å². The molecule has 0 aliphatic rings. The summed E-state index contributed by atoms with van der Waals surface area (Å²) < 4.78 is 5.42. The van der Waals surface area contributed by atoms with Crippen LogP contribution >= 0.6 is 11.6 Å². The van der Waals surface area contributed by atoms with Crippen LogP contribution in [0.25, 0.3) is 0 Å². The fourth-order valence-electron chi connectivity index (χ4n) is 1.48. The van der Waals surface area contributed by atoms with Crippen LogP contribution in [-0.2, 0) is 0 Å². The maximum absolute atomic E-state index is 5.86. The van der Waals surface area contributed by atoms with Gasteiger partial charge in [-0.25, -0.2) is 0 Å². The van der Waals surface area contributed by atoms with Crippen LogP contribution in [0.2, 0.25) is 5.28 Å². The zero-order valence-corrected chi connectivity index (χ0v) is 11.8. The highest BCUT2D eigenvalue weighted by atomic mass is 35.5. The second kappa shape index (κ2) is 5.84. The second-order valence-electron chi connectivity index (χ2n) is 4.32. The summed E-state index contributed by atoms with van der Waals surface area (Å²) in [5.74, 6) is 0.366. The fraction of sp³-hybridized carbons (Fsp3) is 0.308. The highest BCUT2D eigenvalue weighted by Crippen LogP contribution is 2.19. The molecule has 100 valence electrons. The van der Waals surface area contributed by atoms with E-state index in [0.717, 1.165) is 11.3 Å². The molecule has 1 aromatic carbocycles. The number of halogens is 1. The van der Waals surface area contributed by atoms with Gasteiger partial charge in [-0.05, 0) is 44.0 Å². The number of nitrogens with zero attached hydrogens (tertiary/aromatic N) is 3. The summed E-state index contributed by atoms with van der Waals surface area (Å²) in [6.07, 6.45) is -0.0234. The minimum Gasteiger partial charge on any atom is -0.461 e. The van der Waals surface area contributed by atoms with Crippen molar-refractivity contribution in [3.8, 4) is 6.01 Å². The third kappa shape index (κ3) is 3.79. The number of para-hydroxylation sites is 1. The van der Waals surface area contributed by atoms with Gasteiger partial charge in [0.25, 0.3) is 0 Å². The smallest absolute Gasteiger partial charge is 0.322 e. The largest absolute Gasteiger partial charge is 0.461 e. The van der Waals surface area contributed by atoms with Gasteiger partial charge in [-0.15, -0.1) is 0 Å². The highest BCUT2D eigenvalue weighted by molar-refractivity contribution is 6.28. The third-order valence-corrected chi connectivity index (χ3v) is 2.49. The predicted molar refractivity (Wildman–Crippen MR) is 75.1 cm³/mol. The molecule has 5 nitrogen and oxygen atoms in total. The number of anilines is 2. The standard InChI is InChI=1S/C13H15ClN4O/c1-8(2)19-13-17-11(14)16-12(18-13)15-10-7-5-4-6-9(10)3/h4-8H,1-3H3,(H,15,16,17,18). The molecule has 0 atom stereocenters. The summed E-state index contributed by atoms with van der Waals surface area (Å²) in [5, 5.41) is 3.20. The summed E-state index contributed by atoms with van der Waals surface area (Å²) in [5.41, 5.74) is 2.01. The van der Waals surface area contributed by atoms with Crippen LogP contribution in [0.1, 0.15) is 19.4 Å². The molecule has 0 aliphatic carbocycles. The molecule has 1 N–H and O–H groups in total. The Labute approximate surface area is 117 Å². The van der Waals surface area contributed by atoms with Gasteiger partial charge < -0.3 is 10.1 Å². The number of hydrogen-bond donors (Lipinski definition) is 1. The lowest BCUT2D eigenvalue weighted by molar-refractivity contribution is 0.222. The molecule has 0 amide bonds. The predicted octanol–water partition coefficient (Wildman–Crippen LogP) is 3.36. The fourth-order valence-corrected chi connectivity index (χ4v) is 1.64. The molecule has 0 saturated heterocycles. The van der Waals surface area contributed by atoms with E-state index in [9.17, 15) is 0 Å². The Balaban J connectivity index is 2.25. The average Bonchev–Trinajstić information content (AvgIpc) is 2.30. The van der Waals surface area contributed by atoms with Gasteiger partial charge in [0.1, 0.15) is 0 Å². The van der Waals surface area contributed by atoms with E-state index in [-0.39, 0.29) is 17.4 Å². The van der Waals surface area contributed by atoms with E-state index in [1.807, 2.05) is 45.0 Å². The Hall–Kier alpha value is -1.88. The first-order chi connectivity index (χ1) is 9.04. The van der Waals surface area contributed by atoms with Crippen molar-refractivity contribution in [2.24, 2.45) is 0 Å². The molecular weight excluding hydrogens is 264 g/mol. The van der Waals surface area contributed by atoms with E-state index >= 15 is 0 Å². The minimum absolute atomic E-state index is 0.0234. The number of rotatable bonds is 4. The number of benzene rings is 1. The van der Waals surface area contributed by atoms with E-state index in [2.05, 4.69) is 20.3 Å². The van der Waals surface area contributed by atoms with Crippen molar-refractivity contribution in [1.82, 2.24) is 15.0 Å². The Kier molecular flexibility index (Phi) is 4.16. The number of aromatic nitrogens is 3. The van der Waals surface area contributed by atoms with Crippen molar-refractivity contribution in [2.75, 3.05) is 5.32 Å². The first-order valence-electron chi connectivity index (χ1n) is 5.95. The SMILES string of the molecule is Cc1ccccc1Nc1nc(Cl)nc(OC(C)C)n1. The molecule has 0 unspecified atom stereocenters. The Morgan fingerprint density at radius 3 is 2.58 bits per heavy atom. The van der Waals surface area contributed by atoms with Gasteiger partial charge in [0.2, 0.25) is 11.2 Å². The molecule has 6 heteroatoms. The lowest BCUT2D eigenvalue weighted by Crippen LogP contribution is -2.10. The third-order valence-electron chi connectivity index (χ3n) is 2.32. The lowest BCUT2D eigenvalue weighted by Gasteiger charge is -2.10. The van der Waals surface area contributed by atoms with Gasteiger partial charge in [0, 0.05) is 5.69 Å². The van der Waals surface area contributed by atoms with Crippen molar-refractivity contribution in [1.29, 1.82) is 0 Å². The molecule has 19 heavy (non-hydrogen) atoms. The maximum Gasteiger partial charge on any atom is 0.322 e. The van der Waals surface area contributed by atoms with Crippen molar-refractivity contribution in [3.05, 3.63) is 35.1 Å². The Morgan fingerprint density at radius 2 is 1.89 bits per heavy atom. The van der Waals surface area contributed by atoms with Gasteiger partial charge in [-0.3, -0.25) is 0 Å². The summed E-state index contributed by atoms with van der Waals surface area (Å²) in [6.45, 7) is 5.79. The zero-order valence-electron chi connectivity index (χ0n) is 11.0. The Bertz CT molecular complexity index is 574. The van der Waals surface area contributed by atoms with Crippen molar-refractivity contribution >= 4 is 23.2 Å². The molecule has 0 bridgehead atoms. The topological polar surface area (TPSA) is 59.9 Å². The normalized spacial score (nSPS) is 10.6. The number of hydrogen-bond acceptors (Lipinski definition) is 5. The quantitative estimate of drug-likeness (QED) is 0.929. The molecule has 0 aliphatic heterocycles. The van der Waals surface area contributed by atoms with Gasteiger partial charge in [-0.1, -0.05) is 18.2 Å². The van der Waals surface area contributed by atoms with E-state index in [1.165, 1.54) is 0 Å². The van der Waals surface area contributed by atoms with E-state index in [4.69, 9.17) is 16.3 Å². The summed E-state index contributed by atoms with van der Waals surface area (Å²) in [4.78, 5) is 12.1. The van der Waals surface area contributed by atoms with E-state index in [1.54, 1.807) is 0 Å². The molecule has 1 heterocycles. The van der Waals surface area contributed by atoms with Crippen LogP contribution in [0.15, 0.2) is 24.3 Å². The monoisotopic (exact) mass is 278 g/mol. The van der Waals surface area contributed by atoms with Gasteiger partial charge >= 0.3 is 6.01 Å². The summed E-state index contributed by atoms with van der Waals surface area (Å²) in [7, 11) is 0. The molecule has 0 saturated carbocycles. The molecular formula is C13H15ClN4O. The van der Waals surface area contributed by atoms with Crippen LogP contribution in [-0.4, -0.2) is 21.1 Å². The molecule has 2 aromatic rings. The first-order valence-corrected chi connectivity index (χ1v) is 6.33. The van der Waals surface area contributed by atoms with Gasteiger partial charge in [-0.2, -0.15) is 15.0 Å². The second-order valence-corrected chi connectivity index (χ2v) is 4.66. The molecule has 0 fully saturated rings. The van der Waals surface area contributed by atoms with Crippen molar-refractivity contribution in [3.63, 3.8) is 0 Å². The van der Waals surface area contributed by atoms with Gasteiger partial charge in [0.05, 0.1) is 6.10 Å². The lowest BCUT2D eigenvalue weighted by atomic mass is 10.2. The summed E-state index contributed by atoms with van der Waals surface area (Å²) >= 11 is 5.86. The maximum atomic E-state index is 5.86. The first kappa shape index (κ1) is 13.5. The van der Waals surface area contributed by atoms with Crippen LogP contribution in [0.5, 0.6) is 6.01 Å². The highest BCUT2D eigenvalue weighted by Gasteiger charge is 2.08. The van der Waals surface area contributed by atoms with Crippen molar-refractivity contribution in [2.45, 2.75) is 26.9 Å².